The Hall–Kier alpha value is -1.90. The molecule has 0 saturated heterocycles. The molecule has 1 amide bonds. The van der Waals surface area contributed by atoms with Gasteiger partial charge < -0.3 is 5.32 Å². The van der Waals surface area contributed by atoms with Crippen molar-refractivity contribution in [2.24, 2.45) is 12.2 Å². The third-order valence-corrected chi connectivity index (χ3v) is 3.77. The first kappa shape index (κ1) is 15.5. The van der Waals surface area contributed by atoms with Crippen LogP contribution in [0.5, 0.6) is 0 Å². The first-order valence-corrected chi connectivity index (χ1v) is 7.74. The monoisotopic (exact) mass is 328 g/mol. The predicted molar refractivity (Wildman–Crippen MR) is 78.7 cm³/mol. The molecule has 1 aromatic heterocycles. The lowest BCUT2D eigenvalue weighted by molar-refractivity contribution is 0.102. The number of hydrogen-bond acceptors (Lipinski definition) is 4. The normalized spacial score (nSPS) is 11.4. The lowest BCUT2D eigenvalue weighted by Gasteiger charge is -2.05. The minimum Gasteiger partial charge on any atom is -0.304 e. The summed E-state index contributed by atoms with van der Waals surface area (Å²) >= 11 is 5.89. The SMILES string of the molecule is Cc1cc(Cl)cc(C(=O)Nc2nn(C)cc2S(N)(=O)=O)c1. The van der Waals surface area contributed by atoms with Crippen LogP contribution in [0.25, 0.3) is 0 Å². The van der Waals surface area contributed by atoms with Gasteiger partial charge in [0.1, 0.15) is 4.90 Å². The number of halogens is 1. The van der Waals surface area contributed by atoms with Gasteiger partial charge in [0.15, 0.2) is 5.82 Å². The maximum Gasteiger partial charge on any atom is 0.256 e. The zero-order valence-electron chi connectivity index (χ0n) is 11.3. The molecule has 112 valence electrons. The zero-order chi connectivity index (χ0) is 15.8. The van der Waals surface area contributed by atoms with E-state index in [1.807, 2.05) is 0 Å². The van der Waals surface area contributed by atoms with Crippen molar-refractivity contribution < 1.29 is 13.2 Å². The van der Waals surface area contributed by atoms with E-state index in [2.05, 4.69) is 10.4 Å². The molecule has 0 radical (unpaired) electrons. The van der Waals surface area contributed by atoms with Gasteiger partial charge in [-0.1, -0.05) is 11.6 Å². The number of anilines is 1. The summed E-state index contributed by atoms with van der Waals surface area (Å²) in [6.07, 6.45) is 1.22. The second-order valence-corrected chi connectivity index (χ2v) is 6.50. The molecule has 2 rings (SSSR count). The summed E-state index contributed by atoms with van der Waals surface area (Å²) in [5.41, 5.74) is 1.10. The smallest absolute Gasteiger partial charge is 0.256 e. The third-order valence-electron chi connectivity index (χ3n) is 2.64. The Morgan fingerprint density at radius 3 is 2.62 bits per heavy atom. The lowest BCUT2D eigenvalue weighted by atomic mass is 10.1. The molecule has 0 unspecified atom stereocenters. The van der Waals surface area contributed by atoms with E-state index in [9.17, 15) is 13.2 Å². The van der Waals surface area contributed by atoms with Gasteiger partial charge in [0.25, 0.3) is 5.91 Å². The Morgan fingerprint density at radius 1 is 1.38 bits per heavy atom. The highest BCUT2D eigenvalue weighted by Gasteiger charge is 2.20. The Labute approximate surface area is 126 Å². The van der Waals surface area contributed by atoms with Crippen molar-refractivity contribution in [2.75, 3.05) is 5.32 Å². The number of carbonyl (C=O) groups excluding carboxylic acids is 1. The van der Waals surface area contributed by atoms with Crippen LogP contribution in [0.1, 0.15) is 15.9 Å². The summed E-state index contributed by atoms with van der Waals surface area (Å²) in [5.74, 6) is -0.646. The first-order chi connectivity index (χ1) is 9.66. The number of primary sulfonamides is 1. The average molecular weight is 329 g/mol. The highest BCUT2D eigenvalue weighted by atomic mass is 35.5. The number of nitrogens with two attached hydrogens (primary N) is 1. The molecule has 0 aliphatic rings. The van der Waals surface area contributed by atoms with Crippen LogP contribution in [0.3, 0.4) is 0 Å². The third kappa shape index (κ3) is 3.60. The number of nitrogens with one attached hydrogen (secondary N) is 1. The van der Waals surface area contributed by atoms with Gasteiger partial charge in [0.05, 0.1) is 0 Å². The van der Waals surface area contributed by atoms with Gasteiger partial charge in [0, 0.05) is 23.8 Å². The number of hydrogen-bond donors (Lipinski definition) is 2. The van der Waals surface area contributed by atoms with Crippen LogP contribution in [-0.2, 0) is 17.1 Å². The molecule has 0 fully saturated rings. The number of aromatic nitrogens is 2. The fraction of sp³-hybridized carbons (Fsp3) is 0.167. The van der Waals surface area contributed by atoms with Crippen molar-refractivity contribution in [3.8, 4) is 0 Å². The van der Waals surface area contributed by atoms with Crippen LogP contribution in [0.4, 0.5) is 5.82 Å². The van der Waals surface area contributed by atoms with Crippen molar-refractivity contribution in [1.29, 1.82) is 0 Å². The van der Waals surface area contributed by atoms with Crippen molar-refractivity contribution >= 4 is 33.3 Å². The standard InChI is InChI=1S/C12H13ClN4O3S/c1-7-3-8(5-9(13)4-7)12(18)15-11-10(21(14,19)20)6-17(2)16-11/h3-6H,1-2H3,(H2,14,19,20)(H,15,16,18). The van der Waals surface area contributed by atoms with E-state index >= 15 is 0 Å². The fourth-order valence-corrected chi connectivity index (χ4v) is 2.76. The molecule has 0 atom stereocenters. The molecule has 2 aromatic rings. The highest BCUT2D eigenvalue weighted by Crippen LogP contribution is 2.20. The molecule has 0 aliphatic carbocycles. The number of aryl methyl sites for hydroxylation is 2. The van der Waals surface area contributed by atoms with Crippen LogP contribution in [0.2, 0.25) is 5.02 Å². The number of rotatable bonds is 3. The second kappa shape index (κ2) is 5.47. The van der Waals surface area contributed by atoms with Gasteiger partial charge in [-0.15, -0.1) is 0 Å². The highest BCUT2D eigenvalue weighted by molar-refractivity contribution is 7.89. The van der Waals surface area contributed by atoms with Crippen molar-refractivity contribution in [3.05, 3.63) is 40.5 Å². The number of amides is 1. The van der Waals surface area contributed by atoms with E-state index in [1.54, 1.807) is 19.1 Å². The second-order valence-electron chi connectivity index (χ2n) is 4.53. The van der Waals surface area contributed by atoms with E-state index in [1.165, 1.54) is 24.0 Å². The quantitative estimate of drug-likeness (QED) is 0.884. The topological polar surface area (TPSA) is 107 Å². The van der Waals surface area contributed by atoms with Gasteiger partial charge in [-0.2, -0.15) is 5.10 Å². The lowest BCUT2D eigenvalue weighted by Crippen LogP contribution is -2.17. The maximum atomic E-state index is 12.2. The molecule has 0 spiro atoms. The average Bonchev–Trinajstić information content (AvgIpc) is 2.68. The van der Waals surface area contributed by atoms with Crippen LogP contribution >= 0.6 is 11.6 Å². The molecule has 21 heavy (non-hydrogen) atoms. The van der Waals surface area contributed by atoms with Crippen LogP contribution in [0.15, 0.2) is 29.3 Å². The molecule has 0 saturated carbocycles. The molecule has 0 bridgehead atoms. The van der Waals surface area contributed by atoms with Gasteiger partial charge in [0.2, 0.25) is 10.0 Å². The van der Waals surface area contributed by atoms with Crippen LogP contribution in [0, 0.1) is 6.92 Å². The molecule has 1 aromatic carbocycles. The van der Waals surface area contributed by atoms with E-state index in [-0.39, 0.29) is 10.7 Å². The van der Waals surface area contributed by atoms with Crippen molar-refractivity contribution in [1.82, 2.24) is 9.78 Å². The van der Waals surface area contributed by atoms with Crippen molar-refractivity contribution in [3.63, 3.8) is 0 Å². The number of sulfonamides is 1. The summed E-state index contributed by atoms with van der Waals surface area (Å²) < 4.78 is 24.1. The molecular formula is C12H13ClN4O3S. The maximum absolute atomic E-state index is 12.2. The molecular weight excluding hydrogens is 316 g/mol. The summed E-state index contributed by atoms with van der Waals surface area (Å²) in [5, 5.41) is 11.8. The number of benzene rings is 1. The first-order valence-electron chi connectivity index (χ1n) is 5.82. The minimum atomic E-state index is -3.98. The van der Waals surface area contributed by atoms with Crippen LogP contribution < -0.4 is 10.5 Å². The van der Waals surface area contributed by atoms with Gasteiger partial charge in [-0.05, 0) is 30.7 Å². The van der Waals surface area contributed by atoms with Crippen molar-refractivity contribution in [2.45, 2.75) is 11.8 Å². The molecule has 3 N–H and O–H groups in total. The summed E-state index contributed by atoms with van der Waals surface area (Å²) in [7, 11) is -2.46. The molecule has 1 heterocycles. The number of carbonyl (C=O) groups is 1. The summed E-state index contributed by atoms with van der Waals surface area (Å²) in [6, 6.07) is 4.80. The Balaban J connectivity index is 2.36. The largest absolute Gasteiger partial charge is 0.304 e. The number of nitrogens with zero attached hydrogens (tertiary/aromatic N) is 2. The summed E-state index contributed by atoms with van der Waals surface area (Å²) in [4.78, 5) is 11.9. The molecule has 0 aliphatic heterocycles. The Kier molecular flexibility index (Phi) is 4.04. The molecule has 7 nitrogen and oxygen atoms in total. The van der Waals surface area contributed by atoms with E-state index in [4.69, 9.17) is 16.7 Å². The summed E-state index contributed by atoms with van der Waals surface area (Å²) in [6.45, 7) is 1.79. The van der Waals surface area contributed by atoms with Crippen LogP contribution in [-0.4, -0.2) is 24.1 Å². The predicted octanol–water partition coefficient (Wildman–Crippen LogP) is 1.28. The minimum absolute atomic E-state index is 0.123. The van der Waals surface area contributed by atoms with E-state index in [0.717, 1.165) is 5.56 Å². The Bertz CT molecular complexity index is 794. The zero-order valence-corrected chi connectivity index (χ0v) is 12.9. The van der Waals surface area contributed by atoms with Gasteiger partial charge >= 0.3 is 0 Å². The fourth-order valence-electron chi connectivity index (χ4n) is 1.81. The van der Waals surface area contributed by atoms with Gasteiger partial charge in [-0.3, -0.25) is 9.48 Å². The van der Waals surface area contributed by atoms with E-state index in [0.29, 0.717) is 10.6 Å². The van der Waals surface area contributed by atoms with E-state index < -0.39 is 15.9 Å². The molecule has 9 heteroatoms. The van der Waals surface area contributed by atoms with Gasteiger partial charge in [-0.25, -0.2) is 13.6 Å². The Morgan fingerprint density at radius 2 is 2.05 bits per heavy atom.